The number of hydrogen-bond donors (Lipinski definition) is 2. The third-order valence-electron chi connectivity index (χ3n) is 0. The van der Waals surface area contributed by atoms with Gasteiger partial charge in [0.2, 0.25) is 0 Å². The maximum absolute atomic E-state index is 8.63. The van der Waals surface area contributed by atoms with Crippen LogP contribution < -0.4 is 10.9 Å². The van der Waals surface area contributed by atoms with Crippen LogP contribution in [0.1, 0.15) is 0 Å². The standard InChI is InChI=1S/2Ce.Mo.2H3N.4O/h;;;2*1H3;;;;/q2*+1;;;;;;2*-1. The van der Waals surface area contributed by atoms with Gasteiger partial charge in [0.1, 0.15) is 0 Å². The van der Waals surface area contributed by atoms with E-state index in [2.05, 4.69) is 3.39 Å². The van der Waals surface area contributed by atoms with Gasteiger partial charge in [-0.3, -0.25) is 0 Å². The van der Waals surface area contributed by atoms with Crippen molar-refractivity contribution in [2.45, 2.75) is 0 Å². The van der Waals surface area contributed by atoms with E-state index in [4.69, 9.17) is 14.3 Å². The molecule has 0 radical (unpaired) electrons. The summed E-state index contributed by atoms with van der Waals surface area (Å²) in [6.07, 6.45) is 0. The SMILES string of the molecule is [NH3+][Ce].[NH3+][Ce].[O]=[Mo](=[O])([O-])[O-]. The molecule has 0 unspecified atom stereocenters. The molecule has 0 aromatic heterocycles. The van der Waals surface area contributed by atoms with Crippen LogP contribution in [0, 0.1) is 80.1 Å². The van der Waals surface area contributed by atoms with Crippen molar-refractivity contribution in [3.8, 4) is 0 Å². The summed E-state index contributed by atoms with van der Waals surface area (Å²) in [5.41, 5.74) is 0. The molecule has 0 aliphatic rings. The summed E-state index contributed by atoms with van der Waals surface area (Å²) in [5, 5.41) is 0. The molecule has 0 fully saturated rings. The molecule has 9 heteroatoms. The fourth-order valence-electron chi connectivity index (χ4n) is 0. The monoisotopic (exact) mass is 476 g/mol. The molecule has 0 aromatic rings. The fourth-order valence-corrected chi connectivity index (χ4v) is 0. The molecule has 0 aromatic carbocycles. The van der Waals surface area contributed by atoms with E-state index in [0.29, 0.717) is 0 Å². The molecule has 0 saturated carbocycles. The number of rotatable bonds is 0. The Balaban J connectivity index is -0.0000000771. The van der Waals surface area contributed by atoms with E-state index < -0.39 is 16.7 Å². The zero-order valence-corrected chi connectivity index (χ0v) is 12.7. The van der Waals surface area contributed by atoms with E-state index in [1.54, 1.807) is 0 Å². The van der Waals surface area contributed by atoms with Gasteiger partial charge in [-0.05, 0) is 0 Å². The Morgan fingerprint density at radius 1 is 1.00 bits per heavy atom. The first-order chi connectivity index (χ1) is 4.00. The summed E-state index contributed by atoms with van der Waals surface area (Å²) in [7, 11) is 0. The first kappa shape index (κ1) is 17.8. The van der Waals surface area contributed by atoms with Crippen LogP contribution in [-0.2, 0) is 23.5 Å². The zero-order valence-electron chi connectivity index (χ0n) is 4.46. The molecule has 0 rings (SSSR count). The predicted octanol–water partition coefficient (Wildman–Crippen LogP) is -5.23. The van der Waals surface area contributed by atoms with Gasteiger partial charge >= 0.3 is 115 Å². The third kappa shape index (κ3) is 103. The predicted molar refractivity (Wildman–Crippen MR) is 7.15 cm³/mol. The van der Waals surface area contributed by atoms with E-state index >= 15 is 0 Å². The Morgan fingerprint density at radius 3 is 1.00 bits per heavy atom. The molecule has 6 nitrogen and oxygen atoms in total. The molecule has 0 atom stereocenters. The van der Waals surface area contributed by atoms with Gasteiger partial charge in [-0.25, -0.2) is 0 Å². The van der Waals surface area contributed by atoms with Crippen LogP contribution in [0.2, 0.25) is 0 Å². The second-order valence-corrected chi connectivity index (χ2v) is 2.42. The van der Waals surface area contributed by atoms with Crippen molar-refractivity contribution < 1.29 is 115 Å². The van der Waals surface area contributed by atoms with Gasteiger partial charge in [0.25, 0.3) is 0 Å². The van der Waals surface area contributed by atoms with Crippen molar-refractivity contribution in [1.29, 1.82) is 0 Å². The van der Waals surface area contributed by atoms with Gasteiger partial charge in [-0.2, -0.15) is 0 Å². The number of quaternary nitrogens is 2. The molecule has 6 N–H and O–H groups in total. The Labute approximate surface area is 111 Å². The van der Waals surface area contributed by atoms with Crippen molar-refractivity contribution in [2.24, 2.45) is 0 Å². The summed E-state index contributed by atoms with van der Waals surface area (Å²) in [6, 6.07) is 0. The topological polar surface area (TPSA) is 136 Å². The fraction of sp³-hybridized carbons (Fsp3) is 0. The molecule has 0 saturated heterocycles. The average Bonchev–Trinajstić information content (AvgIpc) is 1.72. The summed E-state index contributed by atoms with van der Waals surface area (Å²) in [6.45, 7) is 0. The third-order valence-corrected chi connectivity index (χ3v) is 0. The van der Waals surface area contributed by atoms with Crippen LogP contribution in [-0.4, -0.2) is 0 Å². The van der Waals surface area contributed by atoms with Gasteiger partial charge in [-0.1, -0.05) is 0 Å². The second-order valence-electron chi connectivity index (χ2n) is 0.408. The van der Waals surface area contributed by atoms with E-state index in [1.165, 1.54) is 0 Å². The molecular formula is H6Ce2MoN2O4. The van der Waals surface area contributed by atoms with Crippen LogP contribution in [0.5, 0.6) is 0 Å². The van der Waals surface area contributed by atoms with Crippen molar-refractivity contribution in [2.75, 3.05) is 0 Å². The van der Waals surface area contributed by atoms with Crippen LogP contribution in [0.4, 0.5) is 0 Å². The summed E-state index contributed by atoms with van der Waals surface area (Å²) >= 11 is -3.91. The van der Waals surface area contributed by atoms with Crippen LogP contribution in [0.15, 0.2) is 0 Å². The molecule has 9 heavy (non-hydrogen) atoms. The summed E-state index contributed by atoms with van der Waals surface area (Å²) < 4.78 is 41.3. The van der Waals surface area contributed by atoms with Crippen molar-refractivity contribution in [1.82, 2.24) is 0 Å². The normalized spacial score (nSPS) is 7.33. The molecule has 0 spiro atoms. The molecule has 0 aliphatic carbocycles. The molecule has 0 heterocycles. The first-order valence-corrected chi connectivity index (χ1v) is 9.09. The van der Waals surface area contributed by atoms with E-state index in [0.717, 1.165) is 80.1 Å². The minimum absolute atomic E-state index is 1.06. The Hall–Kier alpha value is 2.88. The molecular weight excluding hydrogens is 468 g/mol. The van der Waals surface area contributed by atoms with Crippen LogP contribution >= 0.6 is 0 Å². The second kappa shape index (κ2) is 13.5. The van der Waals surface area contributed by atoms with Gasteiger partial charge < -0.3 is 0 Å². The Bertz CT molecular complexity index is 99.7. The molecule has 0 aliphatic heterocycles. The average molecular weight is 474 g/mol. The maximum atomic E-state index is 8.63. The van der Waals surface area contributed by atoms with Crippen molar-refractivity contribution >= 4 is 0 Å². The molecule has 54 valence electrons. The van der Waals surface area contributed by atoms with E-state index in [-0.39, 0.29) is 0 Å². The minimum atomic E-state index is -6.02. The summed E-state index contributed by atoms with van der Waals surface area (Å²) in [5.74, 6) is 0. The zero-order chi connectivity index (χ0) is 8.50. The summed E-state index contributed by atoms with van der Waals surface area (Å²) in [4.78, 5) is 0. The van der Waals surface area contributed by atoms with E-state index in [9.17, 15) is 0 Å². The van der Waals surface area contributed by atoms with Gasteiger partial charge in [-0.15, -0.1) is 0 Å². The Kier molecular flexibility index (Phi) is 26.7. The van der Waals surface area contributed by atoms with Gasteiger partial charge in [0.05, 0.1) is 0 Å². The molecule has 0 bridgehead atoms. The van der Waals surface area contributed by atoms with Gasteiger partial charge in [0, 0.05) is 0 Å². The van der Waals surface area contributed by atoms with Gasteiger partial charge in [0.15, 0.2) is 0 Å². The van der Waals surface area contributed by atoms with Crippen molar-refractivity contribution in [3.05, 3.63) is 0 Å². The van der Waals surface area contributed by atoms with Crippen LogP contribution in [0.3, 0.4) is 0 Å². The van der Waals surface area contributed by atoms with Crippen molar-refractivity contribution in [3.63, 3.8) is 0 Å². The number of hydrogen-bond acceptors (Lipinski definition) is 4. The Morgan fingerprint density at radius 2 is 1.00 bits per heavy atom. The first-order valence-electron chi connectivity index (χ1n) is 1.37. The van der Waals surface area contributed by atoms with E-state index in [1.807, 2.05) is 0 Å². The molecule has 0 amide bonds. The van der Waals surface area contributed by atoms with Crippen LogP contribution in [0.25, 0.3) is 0 Å². The quantitative estimate of drug-likeness (QED) is 0.340.